The van der Waals surface area contributed by atoms with Crippen LogP contribution in [0.3, 0.4) is 0 Å². The van der Waals surface area contributed by atoms with Gasteiger partial charge in [-0.25, -0.2) is 0 Å². The van der Waals surface area contributed by atoms with E-state index in [1.807, 2.05) is 42.5 Å². The van der Waals surface area contributed by atoms with Crippen LogP contribution in [-0.4, -0.2) is 16.9 Å². The van der Waals surface area contributed by atoms with Crippen molar-refractivity contribution < 1.29 is 9.59 Å². The quantitative estimate of drug-likeness (QED) is 0.593. The molecule has 0 unspecified atom stereocenters. The lowest BCUT2D eigenvalue weighted by molar-refractivity contribution is -0.122. The number of benzene rings is 2. The third-order valence-corrected chi connectivity index (χ3v) is 3.93. The minimum atomic E-state index is -0.326. The molecule has 6 heteroatoms. The van der Waals surface area contributed by atoms with E-state index in [2.05, 4.69) is 16.2 Å². The number of hydrogen-bond acceptors (Lipinski definition) is 3. The van der Waals surface area contributed by atoms with E-state index >= 15 is 0 Å². The van der Waals surface area contributed by atoms with Gasteiger partial charge in [0, 0.05) is 11.5 Å². The van der Waals surface area contributed by atoms with Crippen molar-refractivity contribution in [3.63, 3.8) is 0 Å². The van der Waals surface area contributed by atoms with Gasteiger partial charge in [-0.3, -0.25) is 25.8 Å². The van der Waals surface area contributed by atoms with E-state index in [1.165, 1.54) is 0 Å². The van der Waals surface area contributed by atoms with E-state index < -0.39 is 0 Å². The number of amides is 2. The molecule has 0 heterocycles. The van der Waals surface area contributed by atoms with Gasteiger partial charge >= 0.3 is 0 Å². The minimum absolute atomic E-state index is 0.0705. The number of hydrogen-bond donors (Lipinski definition) is 3. The highest BCUT2D eigenvalue weighted by Crippen LogP contribution is 2.28. The van der Waals surface area contributed by atoms with Crippen molar-refractivity contribution in [2.45, 2.75) is 12.8 Å². The summed E-state index contributed by atoms with van der Waals surface area (Å²) in [6, 6.07) is 17.2. The average molecular weight is 339 g/mol. The second-order valence-corrected chi connectivity index (χ2v) is 6.02. The fourth-order valence-electron chi connectivity index (χ4n) is 2.22. The first-order chi connectivity index (χ1) is 11.6. The highest BCUT2D eigenvalue weighted by Gasteiger charge is 2.29. The van der Waals surface area contributed by atoms with Crippen LogP contribution in [0.4, 0.5) is 0 Å². The molecule has 0 spiro atoms. The fraction of sp³-hybridized carbons (Fsp3) is 0.167. The summed E-state index contributed by atoms with van der Waals surface area (Å²) in [4.78, 5) is 23.6. The molecule has 122 valence electrons. The molecule has 0 bridgehead atoms. The van der Waals surface area contributed by atoms with Crippen LogP contribution in [0.25, 0.3) is 11.1 Å². The molecule has 3 rings (SSSR count). The first-order valence-electron chi connectivity index (χ1n) is 7.70. The van der Waals surface area contributed by atoms with E-state index in [0.29, 0.717) is 5.56 Å². The Bertz CT molecular complexity index is 756. The Morgan fingerprint density at radius 2 is 1.50 bits per heavy atom. The van der Waals surface area contributed by atoms with Crippen LogP contribution in [0.5, 0.6) is 0 Å². The van der Waals surface area contributed by atoms with Gasteiger partial charge in [-0.05, 0) is 48.3 Å². The smallest absolute Gasteiger partial charge is 0.257 e. The molecule has 3 N–H and O–H groups in total. The van der Waals surface area contributed by atoms with Crippen molar-refractivity contribution in [1.82, 2.24) is 16.2 Å². The zero-order chi connectivity index (χ0) is 16.9. The standard InChI is InChI=1S/C18H17N3O2S/c22-16(19-18(24)21-20-17(23)15-10-11-15)14-8-6-13(7-9-14)12-4-2-1-3-5-12/h1-9,15H,10-11H2,(H,20,23)(H2,19,21,22,24). The molecule has 1 saturated carbocycles. The monoisotopic (exact) mass is 339 g/mol. The molecule has 0 aliphatic heterocycles. The van der Waals surface area contributed by atoms with Gasteiger partial charge in [-0.1, -0.05) is 42.5 Å². The largest absolute Gasteiger partial charge is 0.298 e. The summed E-state index contributed by atoms with van der Waals surface area (Å²) in [5, 5.41) is 2.61. The van der Waals surface area contributed by atoms with Gasteiger partial charge in [0.15, 0.2) is 5.11 Å². The van der Waals surface area contributed by atoms with E-state index in [1.54, 1.807) is 12.1 Å². The maximum Gasteiger partial charge on any atom is 0.257 e. The Hall–Kier alpha value is -2.73. The molecule has 0 atom stereocenters. The summed E-state index contributed by atoms with van der Waals surface area (Å²) in [5.41, 5.74) is 7.64. The van der Waals surface area contributed by atoms with Crippen LogP contribution in [0, 0.1) is 5.92 Å². The van der Waals surface area contributed by atoms with Crippen LogP contribution < -0.4 is 16.2 Å². The van der Waals surface area contributed by atoms with Crippen LogP contribution in [-0.2, 0) is 4.79 Å². The van der Waals surface area contributed by atoms with E-state index in [9.17, 15) is 9.59 Å². The number of hydrazine groups is 1. The lowest BCUT2D eigenvalue weighted by Crippen LogP contribution is -2.48. The summed E-state index contributed by atoms with van der Waals surface area (Å²) >= 11 is 5.00. The second kappa shape index (κ2) is 7.23. The van der Waals surface area contributed by atoms with Crippen LogP contribution in [0.15, 0.2) is 54.6 Å². The summed E-state index contributed by atoms with van der Waals surface area (Å²) < 4.78 is 0. The third-order valence-electron chi connectivity index (χ3n) is 3.73. The molecule has 2 aromatic carbocycles. The van der Waals surface area contributed by atoms with Crippen LogP contribution in [0.2, 0.25) is 0 Å². The summed E-state index contributed by atoms with van der Waals surface area (Å²) in [5.74, 6) is -0.354. The second-order valence-electron chi connectivity index (χ2n) is 5.62. The number of thiocarbonyl (C=S) groups is 1. The van der Waals surface area contributed by atoms with Crippen molar-refractivity contribution in [2.24, 2.45) is 5.92 Å². The molecule has 2 amide bonds. The number of rotatable bonds is 3. The topological polar surface area (TPSA) is 70.2 Å². The van der Waals surface area contributed by atoms with E-state index in [0.717, 1.165) is 24.0 Å². The molecule has 0 aromatic heterocycles. The Labute approximate surface area is 145 Å². The SMILES string of the molecule is O=C(NC(=S)NNC(=O)C1CC1)c1ccc(-c2ccccc2)cc1. The molecule has 0 saturated heterocycles. The third kappa shape index (κ3) is 4.17. The summed E-state index contributed by atoms with van der Waals surface area (Å²) in [7, 11) is 0. The van der Waals surface area contributed by atoms with Crippen LogP contribution >= 0.6 is 12.2 Å². The normalized spacial score (nSPS) is 13.0. The number of carbonyl (C=O) groups excluding carboxylic acids is 2. The Morgan fingerprint density at radius 3 is 2.12 bits per heavy atom. The van der Waals surface area contributed by atoms with Crippen molar-refractivity contribution in [2.75, 3.05) is 0 Å². The van der Waals surface area contributed by atoms with Crippen molar-refractivity contribution >= 4 is 29.1 Å². The van der Waals surface area contributed by atoms with E-state index in [-0.39, 0.29) is 22.8 Å². The molecule has 1 aliphatic rings. The van der Waals surface area contributed by atoms with Crippen LogP contribution in [0.1, 0.15) is 23.2 Å². The zero-order valence-electron chi connectivity index (χ0n) is 12.9. The highest BCUT2D eigenvalue weighted by molar-refractivity contribution is 7.80. The predicted octanol–water partition coefficient (Wildman–Crippen LogP) is 2.40. The maximum absolute atomic E-state index is 12.1. The predicted molar refractivity (Wildman–Crippen MR) is 95.9 cm³/mol. The molecular formula is C18H17N3O2S. The molecule has 0 radical (unpaired) electrons. The van der Waals surface area contributed by atoms with Gasteiger partial charge in [0.25, 0.3) is 5.91 Å². The summed E-state index contributed by atoms with van der Waals surface area (Å²) in [6.07, 6.45) is 1.81. The maximum atomic E-state index is 12.1. The lowest BCUT2D eigenvalue weighted by Gasteiger charge is -2.10. The minimum Gasteiger partial charge on any atom is -0.298 e. The first kappa shape index (κ1) is 16.1. The van der Waals surface area contributed by atoms with Gasteiger partial charge in [0.05, 0.1) is 0 Å². The molecule has 2 aromatic rings. The Morgan fingerprint density at radius 1 is 0.875 bits per heavy atom. The van der Waals surface area contributed by atoms with Crippen molar-refractivity contribution in [1.29, 1.82) is 0 Å². The number of carbonyl (C=O) groups is 2. The van der Waals surface area contributed by atoms with Crippen molar-refractivity contribution in [3.8, 4) is 11.1 Å². The lowest BCUT2D eigenvalue weighted by atomic mass is 10.0. The molecule has 24 heavy (non-hydrogen) atoms. The molecule has 5 nitrogen and oxygen atoms in total. The van der Waals surface area contributed by atoms with Gasteiger partial charge < -0.3 is 0 Å². The van der Waals surface area contributed by atoms with Gasteiger partial charge in [-0.2, -0.15) is 0 Å². The Kier molecular flexibility index (Phi) is 4.86. The zero-order valence-corrected chi connectivity index (χ0v) is 13.7. The van der Waals surface area contributed by atoms with Gasteiger partial charge in [0.1, 0.15) is 0 Å². The number of nitrogens with one attached hydrogen (secondary N) is 3. The van der Waals surface area contributed by atoms with Gasteiger partial charge in [-0.15, -0.1) is 0 Å². The first-order valence-corrected chi connectivity index (χ1v) is 8.11. The molecular weight excluding hydrogens is 322 g/mol. The average Bonchev–Trinajstić information content (AvgIpc) is 3.46. The van der Waals surface area contributed by atoms with E-state index in [4.69, 9.17) is 12.2 Å². The van der Waals surface area contributed by atoms with Gasteiger partial charge in [0.2, 0.25) is 5.91 Å². The summed E-state index contributed by atoms with van der Waals surface area (Å²) in [6.45, 7) is 0. The van der Waals surface area contributed by atoms with Crippen molar-refractivity contribution in [3.05, 3.63) is 60.2 Å². The fourth-order valence-corrected chi connectivity index (χ4v) is 2.36. The molecule has 1 fully saturated rings. The molecule has 1 aliphatic carbocycles. The Balaban J connectivity index is 1.54. The highest BCUT2D eigenvalue weighted by atomic mass is 32.1.